The number of quaternary nitrogens is 1. The zero-order valence-corrected chi connectivity index (χ0v) is 23.9. The van der Waals surface area contributed by atoms with Gasteiger partial charge in [-0.1, -0.05) is 67.8 Å². The van der Waals surface area contributed by atoms with E-state index in [-0.39, 0.29) is 22.9 Å². The van der Waals surface area contributed by atoms with E-state index < -0.39 is 5.60 Å². The fourth-order valence-electron chi connectivity index (χ4n) is 7.07. The Kier molecular flexibility index (Phi) is 8.44. The minimum Gasteiger partial charge on any atom is -1.00 e. The first-order valence-corrected chi connectivity index (χ1v) is 14.8. The first kappa shape index (κ1) is 26.9. The van der Waals surface area contributed by atoms with E-state index in [0.29, 0.717) is 11.8 Å². The van der Waals surface area contributed by atoms with Gasteiger partial charge in [0, 0.05) is 35.3 Å². The van der Waals surface area contributed by atoms with Gasteiger partial charge in [-0.3, -0.25) is 0 Å². The van der Waals surface area contributed by atoms with Gasteiger partial charge in [0.2, 0.25) is 0 Å². The SMILES string of the molecule is O[C@](c1ccccc1)(c1nnc(C[N+]23CCC(CC2)[C@@H](CSc2ccccc2)C3)o1)C1CCCCC1.[Br-]. The Morgan fingerprint density at radius 3 is 2.27 bits per heavy atom. The van der Waals surface area contributed by atoms with E-state index in [9.17, 15) is 5.11 Å². The van der Waals surface area contributed by atoms with Crippen molar-refractivity contribution in [1.29, 1.82) is 0 Å². The molecule has 7 heteroatoms. The van der Waals surface area contributed by atoms with Gasteiger partial charge in [0.25, 0.3) is 11.8 Å². The van der Waals surface area contributed by atoms with Gasteiger partial charge >= 0.3 is 0 Å². The van der Waals surface area contributed by atoms with Crippen LogP contribution >= 0.6 is 11.8 Å². The lowest BCUT2D eigenvalue weighted by molar-refractivity contribution is -0.959. The lowest BCUT2D eigenvalue weighted by Gasteiger charge is -2.52. The first-order chi connectivity index (χ1) is 17.6. The number of benzene rings is 2. The van der Waals surface area contributed by atoms with Gasteiger partial charge < -0.3 is 31.0 Å². The lowest BCUT2D eigenvalue weighted by Crippen LogP contribution is -3.00. The maximum Gasteiger partial charge on any atom is 0.271 e. The Morgan fingerprint density at radius 2 is 1.57 bits per heavy atom. The Balaban J connectivity index is 0.00000280. The molecule has 198 valence electrons. The number of halogens is 1. The molecule has 5 nitrogen and oxygen atoms in total. The predicted molar refractivity (Wildman–Crippen MR) is 142 cm³/mol. The lowest BCUT2D eigenvalue weighted by atomic mass is 9.73. The third-order valence-electron chi connectivity index (χ3n) is 9.12. The number of fused-ring (bicyclic) bond motifs is 3. The van der Waals surface area contributed by atoms with Crippen molar-refractivity contribution in [1.82, 2.24) is 10.2 Å². The van der Waals surface area contributed by atoms with Crippen molar-refractivity contribution < 1.29 is 31.0 Å². The predicted octanol–water partition coefficient (Wildman–Crippen LogP) is 3.04. The Bertz CT molecular complexity index is 1130. The van der Waals surface area contributed by atoms with E-state index >= 15 is 0 Å². The molecule has 37 heavy (non-hydrogen) atoms. The highest BCUT2D eigenvalue weighted by atomic mass is 79.9. The van der Waals surface area contributed by atoms with Gasteiger partial charge in [0.15, 0.2) is 12.1 Å². The van der Waals surface area contributed by atoms with Crippen LogP contribution in [0.15, 0.2) is 70.0 Å². The van der Waals surface area contributed by atoms with Crippen LogP contribution in [0.25, 0.3) is 0 Å². The topological polar surface area (TPSA) is 59.2 Å². The molecule has 3 aliphatic heterocycles. The molecule has 2 atom stereocenters. The standard InChI is InChI=1S/C30H38N3O2S.BrH/c34-30(25-10-4-1-5-11-25,26-12-6-2-7-13-26)29-32-31-28(35-29)21-33-18-16-23(17-19-33)24(20-33)22-36-27-14-8-3-9-15-27;/h1,3-5,8-11,14-15,23-24,26,34H,2,6-7,12-13,16-22H2;1H/q+1;/p-1/t23?,24-,30+,33?;/m1./s1. The molecule has 2 bridgehead atoms. The molecule has 0 unspecified atom stereocenters. The van der Waals surface area contributed by atoms with Crippen LogP contribution in [0, 0.1) is 17.8 Å². The Morgan fingerprint density at radius 1 is 0.892 bits per heavy atom. The third-order valence-corrected chi connectivity index (χ3v) is 10.3. The number of rotatable bonds is 8. The quantitative estimate of drug-likeness (QED) is 0.326. The summed E-state index contributed by atoms with van der Waals surface area (Å²) in [4.78, 5) is 1.37. The summed E-state index contributed by atoms with van der Waals surface area (Å²) in [5.74, 6) is 3.93. The minimum absolute atomic E-state index is 0. The molecule has 1 aromatic heterocycles. The summed E-state index contributed by atoms with van der Waals surface area (Å²) < 4.78 is 7.42. The third kappa shape index (κ3) is 5.56. The van der Waals surface area contributed by atoms with Crippen molar-refractivity contribution in [3.8, 4) is 0 Å². The highest BCUT2D eigenvalue weighted by molar-refractivity contribution is 7.99. The average molecular weight is 585 g/mol. The molecule has 3 aromatic rings. The molecule has 0 radical (unpaired) electrons. The molecular formula is C30H38BrN3O2S. The molecule has 3 saturated heterocycles. The zero-order chi connectivity index (χ0) is 24.4. The molecule has 0 spiro atoms. The monoisotopic (exact) mass is 583 g/mol. The largest absolute Gasteiger partial charge is 1.00 e. The molecule has 0 amide bonds. The van der Waals surface area contributed by atoms with Crippen molar-refractivity contribution in [3.63, 3.8) is 0 Å². The first-order valence-electron chi connectivity index (χ1n) is 13.8. The van der Waals surface area contributed by atoms with Crippen molar-refractivity contribution >= 4 is 11.8 Å². The van der Waals surface area contributed by atoms with Crippen LogP contribution in [-0.2, 0) is 12.1 Å². The normalized spacial score (nSPS) is 27.4. The van der Waals surface area contributed by atoms with E-state index in [4.69, 9.17) is 4.42 Å². The summed E-state index contributed by atoms with van der Waals surface area (Å²) in [5.41, 5.74) is -0.340. The molecule has 2 aromatic carbocycles. The Hall–Kier alpha value is -1.67. The molecule has 1 aliphatic carbocycles. The fourth-order valence-corrected chi connectivity index (χ4v) is 8.21. The van der Waals surface area contributed by atoms with Crippen LogP contribution in [0.5, 0.6) is 0 Å². The molecule has 4 aliphatic rings. The van der Waals surface area contributed by atoms with Crippen LogP contribution in [0.3, 0.4) is 0 Å². The van der Waals surface area contributed by atoms with Gasteiger partial charge in [0.1, 0.15) is 0 Å². The Labute approximate surface area is 235 Å². The number of thioether (sulfide) groups is 1. The summed E-state index contributed by atoms with van der Waals surface area (Å²) in [7, 11) is 0. The van der Waals surface area contributed by atoms with E-state index in [2.05, 4.69) is 40.5 Å². The second kappa shape index (κ2) is 11.6. The summed E-state index contributed by atoms with van der Waals surface area (Å²) in [6.45, 7) is 4.36. The highest BCUT2D eigenvalue weighted by Crippen LogP contribution is 2.44. The molecule has 7 rings (SSSR count). The molecular weight excluding hydrogens is 546 g/mol. The number of nitrogens with zero attached hydrogens (tertiary/aromatic N) is 3. The number of piperidine rings is 3. The van der Waals surface area contributed by atoms with Gasteiger partial charge in [-0.25, -0.2) is 0 Å². The summed E-state index contributed by atoms with van der Waals surface area (Å²) >= 11 is 2.00. The van der Waals surface area contributed by atoms with Crippen LogP contribution in [-0.4, -0.2) is 45.2 Å². The summed E-state index contributed by atoms with van der Waals surface area (Å²) in [6, 6.07) is 20.8. The van der Waals surface area contributed by atoms with Crippen LogP contribution < -0.4 is 17.0 Å². The van der Waals surface area contributed by atoms with E-state index in [0.717, 1.165) is 54.1 Å². The fraction of sp³-hybridized carbons (Fsp3) is 0.533. The summed E-state index contributed by atoms with van der Waals surface area (Å²) in [5, 5.41) is 21.2. The number of hydrogen-bond acceptors (Lipinski definition) is 5. The second-order valence-corrected chi connectivity index (χ2v) is 12.4. The number of aliphatic hydroxyl groups is 1. The maximum atomic E-state index is 12.1. The molecule has 1 N–H and O–H groups in total. The van der Waals surface area contributed by atoms with Gasteiger partial charge in [-0.2, -0.15) is 0 Å². The highest BCUT2D eigenvalue weighted by Gasteiger charge is 2.48. The van der Waals surface area contributed by atoms with Crippen molar-refractivity contribution in [2.24, 2.45) is 17.8 Å². The molecule has 1 saturated carbocycles. The van der Waals surface area contributed by atoms with Gasteiger partial charge in [0.05, 0.1) is 19.6 Å². The second-order valence-electron chi connectivity index (χ2n) is 11.3. The van der Waals surface area contributed by atoms with Crippen LogP contribution in [0.4, 0.5) is 0 Å². The van der Waals surface area contributed by atoms with Crippen molar-refractivity contribution in [2.45, 2.75) is 62.0 Å². The summed E-state index contributed by atoms with van der Waals surface area (Å²) in [6.07, 6.45) is 8.08. The average Bonchev–Trinajstić information content (AvgIpc) is 3.42. The van der Waals surface area contributed by atoms with E-state index in [1.807, 2.05) is 42.1 Å². The molecule has 4 fully saturated rings. The minimum atomic E-state index is -1.21. The van der Waals surface area contributed by atoms with Crippen molar-refractivity contribution in [3.05, 3.63) is 78.0 Å². The van der Waals surface area contributed by atoms with E-state index in [1.165, 1.54) is 49.5 Å². The van der Waals surface area contributed by atoms with Gasteiger partial charge in [-0.15, -0.1) is 22.0 Å². The number of hydrogen-bond donors (Lipinski definition) is 1. The van der Waals surface area contributed by atoms with Crippen LogP contribution in [0.2, 0.25) is 0 Å². The van der Waals surface area contributed by atoms with Crippen molar-refractivity contribution in [2.75, 3.05) is 25.4 Å². The number of aromatic nitrogens is 2. The smallest absolute Gasteiger partial charge is 0.271 e. The van der Waals surface area contributed by atoms with Gasteiger partial charge in [-0.05, 0) is 36.5 Å². The van der Waals surface area contributed by atoms with Crippen LogP contribution in [0.1, 0.15) is 62.3 Å². The zero-order valence-electron chi connectivity index (χ0n) is 21.5. The van der Waals surface area contributed by atoms with E-state index in [1.54, 1.807) is 0 Å². The molecule has 4 heterocycles. The maximum absolute atomic E-state index is 12.1.